The molecule has 0 saturated carbocycles. The molecular formula is C21H25N5O. The normalized spacial score (nSPS) is 16.4. The highest BCUT2D eigenvalue weighted by Gasteiger charge is 2.30. The molecule has 27 heavy (non-hydrogen) atoms. The van der Waals surface area contributed by atoms with Crippen molar-refractivity contribution in [3.63, 3.8) is 0 Å². The minimum atomic E-state index is 0.149. The van der Waals surface area contributed by atoms with Gasteiger partial charge in [0.05, 0.1) is 36.4 Å². The molecule has 1 amide bonds. The van der Waals surface area contributed by atoms with E-state index in [2.05, 4.69) is 39.3 Å². The second-order valence-electron chi connectivity index (χ2n) is 7.35. The maximum atomic E-state index is 12.9. The van der Waals surface area contributed by atoms with Crippen LogP contribution in [0.15, 0.2) is 42.9 Å². The van der Waals surface area contributed by atoms with Crippen molar-refractivity contribution < 1.29 is 4.79 Å². The number of carbonyl (C=O) groups excluding carboxylic acids is 1. The molecule has 1 unspecified atom stereocenters. The third-order valence-corrected chi connectivity index (χ3v) is 5.36. The van der Waals surface area contributed by atoms with Crippen LogP contribution in [0.25, 0.3) is 0 Å². The van der Waals surface area contributed by atoms with E-state index >= 15 is 0 Å². The lowest BCUT2D eigenvalue weighted by molar-refractivity contribution is -0.131. The number of nitrogens with zero attached hydrogens (tertiary/aromatic N) is 4. The van der Waals surface area contributed by atoms with E-state index in [0.717, 1.165) is 42.0 Å². The first kappa shape index (κ1) is 17.5. The summed E-state index contributed by atoms with van der Waals surface area (Å²) in [6, 6.07) is 10.5. The van der Waals surface area contributed by atoms with E-state index in [4.69, 9.17) is 0 Å². The predicted octanol–water partition coefficient (Wildman–Crippen LogP) is 2.75. The van der Waals surface area contributed by atoms with Gasteiger partial charge in [0.1, 0.15) is 0 Å². The van der Waals surface area contributed by atoms with Crippen LogP contribution in [-0.4, -0.2) is 37.1 Å². The van der Waals surface area contributed by atoms with Crippen molar-refractivity contribution in [3.8, 4) is 0 Å². The van der Waals surface area contributed by atoms with Crippen molar-refractivity contribution in [2.24, 2.45) is 7.05 Å². The topological polar surface area (TPSA) is 66.8 Å². The second-order valence-corrected chi connectivity index (χ2v) is 7.35. The Morgan fingerprint density at radius 1 is 1.30 bits per heavy atom. The molecule has 140 valence electrons. The Kier molecular flexibility index (Phi) is 4.79. The van der Waals surface area contributed by atoms with Gasteiger partial charge in [-0.15, -0.1) is 0 Å². The van der Waals surface area contributed by atoms with Crippen molar-refractivity contribution in [1.29, 1.82) is 0 Å². The largest absolute Gasteiger partial charge is 0.347 e. The van der Waals surface area contributed by atoms with E-state index in [1.165, 1.54) is 5.56 Å². The van der Waals surface area contributed by atoms with Crippen molar-refractivity contribution in [2.75, 3.05) is 6.54 Å². The molecule has 1 aromatic carbocycles. The molecule has 0 saturated heterocycles. The highest BCUT2D eigenvalue weighted by molar-refractivity contribution is 5.79. The number of fused-ring (bicyclic) bond motifs is 1. The minimum Gasteiger partial charge on any atom is -0.347 e. The fourth-order valence-corrected chi connectivity index (χ4v) is 3.92. The summed E-state index contributed by atoms with van der Waals surface area (Å²) in [5.74, 6) is 0.412. The average Bonchev–Trinajstić information content (AvgIpc) is 3.26. The molecule has 0 bridgehead atoms. The quantitative estimate of drug-likeness (QED) is 0.758. The monoisotopic (exact) mass is 363 g/mol. The van der Waals surface area contributed by atoms with E-state index in [9.17, 15) is 4.79 Å². The lowest BCUT2D eigenvalue weighted by Crippen LogP contribution is -2.39. The number of amides is 1. The molecule has 3 aromatic rings. The molecule has 0 aliphatic carbocycles. The summed E-state index contributed by atoms with van der Waals surface area (Å²) in [7, 11) is 1.89. The standard InChI is InChI=1S/C21H25N5O/c1-15-18(11-25(2)24-15)10-20(27)26-12-17(21-19(13-26)22-14-23-21)9-8-16-6-4-3-5-7-16/h3-7,11,14,17H,8-10,12-13H2,1-2H3,(H,22,23). The molecule has 6 heteroatoms. The zero-order valence-corrected chi connectivity index (χ0v) is 15.9. The molecule has 1 atom stereocenters. The van der Waals surface area contributed by atoms with E-state index in [1.807, 2.05) is 31.1 Å². The highest BCUT2D eigenvalue weighted by atomic mass is 16.2. The Hall–Kier alpha value is -2.89. The molecule has 0 spiro atoms. The van der Waals surface area contributed by atoms with Gasteiger partial charge in [-0.3, -0.25) is 9.48 Å². The molecule has 2 aromatic heterocycles. The lowest BCUT2D eigenvalue weighted by atomic mass is 9.91. The van der Waals surface area contributed by atoms with Crippen LogP contribution in [-0.2, 0) is 31.2 Å². The van der Waals surface area contributed by atoms with Crippen LogP contribution in [0, 0.1) is 6.92 Å². The van der Waals surface area contributed by atoms with Gasteiger partial charge in [0.15, 0.2) is 0 Å². The molecule has 1 N–H and O–H groups in total. The SMILES string of the molecule is Cc1nn(C)cc1CC(=O)N1Cc2[nH]cnc2C(CCc2ccccc2)C1. The number of imidazole rings is 1. The Labute approximate surface area is 159 Å². The summed E-state index contributed by atoms with van der Waals surface area (Å²) < 4.78 is 1.77. The lowest BCUT2D eigenvalue weighted by Gasteiger charge is -2.32. The predicted molar refractivity (Wildman–Crippen MR) is 103 cm³/mol. The third-order valence-electron chi connectivity index (χ3n) is 5.36. The van der Waals surface area contributed by atoms with Crippen LogP contribution in [0.4, 0.5) is 0 Å². The Balaban J connectivity index is 1.47. The number of aryl methyl sites for hydroxylation is 3. The first-order valence-corrected chi connectivity index (χ1v) is 9.43. The van der Waals surface area contributed by atoms with Gasteiger partial charge in [-0.25, -0.2) is 4.98 Å². The summed E-state index contributed by atoms with van der Waals surface area (Å²) in [5, 5.41) is 4.34. The van der Waals surface area contributed by atoms with Crippen LogP contribution in [0.2, 0.25) is 0 Å². The molecule has 4 rings (SSSR count). The number of hydrogen-bond donors (Lipinski definition) is 1. The van der Waals surface area contributed by atoms with Crippen LogP contribution in [0.5, 0.6) is 0 Å². The Morgan fingerprint density at radius 3 is 2.85 bits per heavy atom. The molecule has 0 fully saturated rings. The second kappa shape index (κ2) is 7.39. The number of carbonyl (C=O) groups is 1. The smallest absolute Gasteiger partial charge is 0.227 e. The number of H-pyrrole nitrogens is 1. The van der Waals surface area contributed by atoms with Gasteiger partial charge in [0.25, 0.3) is 0 Å². The van der Waals surface area contributed by atoms with Gasteiger partial charge in [-0.2, -0.15) is 5.10 Å². The fourth-order valence-electron chi connectivity index (χ4n) is 3.92. The molecule has 1 aliphatic heterocycles. The fraction of sp³-hybridized carbons (Fsp3) is 0.381. The van der Waals surface area contributed by atoms with Crippen LogP contribution < -0.4 is 0 Å². The summed E-state index contributed by atoms with van der Waals surface area (Å²) in [5.41, 5.74) is 5.43. The van der Waals surface area contributed by atoms with Crippen LogP contribution in [0.3, 0.4) is 0 Å². The van der Waals surface area contributed by atoms with Crippen LogP contribution in [0.1, 0.15) is 40.5 Å². The summed E-state index contributed by atoms with van der Waals surface area (Å²) in [6.07, 6.45) is 6.05. The number of benzene rings is 1. The summed E-state index contributed by atoms with van der Waals surface area (Å²) in [4.78, 5) is 22.7. The number of aromatic nitrogens is 4. The van der Waals surface area contributed by atoms with E-state index in [0.29, 0.717) is 13.0 Å². The van der Waals surface area contributed by atoms with Crippen molar-refractivity contribution >= 4 is 5.91 Å². The minimum absolute atomic E-state index is 0.149. The van der Waals surface area contributed by atoms with E-state index in [1.54, 1.807) is 11.0 Å². The van der Waals surface area contributed by atoms with Crippen molar-refractivity contribution in [1.82, 2.24) is 24.6 Å². The maximum absolute atomic E-state index is 12.9. The first-order valence-electron chi connectivity index (χ1n) is 9.43. The van der Waals surface area contributed by atoms with Crippen molar-refractivity contribution in [3.05, 3.63) is 71.1 Å². The van der Waals surface area contributed by atoms with Gasteiger partial charge in [0, 0.05) is 31.3 Å². The van der Waals surface area contributed by atoms with Gasteiger partial charge >= 0.3 is 0 Å². The Bertz CT molecular complexity index is 927. The molecule has 0 radical (unpaired) electrons. The summed E-state index contributed by atoms with van der Waals surface area (Å²) in [6.45, 7) is 3.28. The van der Waals surface area contributed by atoms with Gasteiger partial charge in [-0.1, -0.05) is 30.3 Å². The molecule has 1 aliphatic rings. The van der Waals surface area contributed by atoms with Gasteiger partial charge in [-0.05, 0) is 25.3 Å². The zero-order valence-electron chi connectivity index (χ0n) is 15.9. The number of aromatic amines is 1. The van der Waals surface area contributed by atoms with Crippen molar-refractivity contribution in [2.45, 2.75) is 38.6 Å². The third kappa shape index (κ3) is 3.79. The van der Waals surface area contributed by atoms with Crippen LogP contribution >= 0.6 is 0 Å². The zero-order chi connectivity index (χ0) is 18.8. The average molecular weight is 363 g/mol. The maximum Gasteiger partial charge on any atom is 0.227 e. The number of rotatable bonds is 5. The molecular weight excluding hydrogens is 338 g/mol. The molecule has 3 heterocycles. The number of hydrogen-bond acceptors (Lipinski definition) is 3. The number of nitrogens with one attached hydrogen (secondary N) is 1. The first-order chi connectivity index (χ1) is 13.1. The van der Waals surface area contributed by atoms with E-state index in [-0.39, 0.29) is 11.8 Å². The molecule has 6 nitrogen and oxygen atoms in total. The Morgan fingerprint density at radius 2 is 2.11 bits per heavy atom. The van der Waals surface area contributed by atoms with E-state index < -0.39 is 0 Å². The van der Waals surface area contributed by atoms with Gasteiger partial charge in [0.2, 0.25) is 5.91 Å². The van der Waals surface area contributed by atoms with Gasteiger partial charge < -0.3 is 9.88 Å². The summed E-state index contributed by atoms with van der Waals surface area (Å²) >= 11 is 0. The highest BCUT2D eigenvalue weighted by Crippen LogP contribution is 2.30.